The molecule has 1 heterocycles. The molecule has 19 heavy (non-hydrogen) atoms. The molecule has 0 fully saturated rings. The van der Waals surface area contributed by atoms with Gasteiger partial charge < -0.3 is 10.6 Å². The summed E-state index contributed by atoms with van der Waals surface area (Å²) in [7, 11) is 2.15. The van der Waals surface area contributed by atoms with Crippen LogP contribution in [0.1, 0.15) is 22.7 Å². The lowest BCUT2D eigenvalue weighted by Crippen LogP contribution is -2.13. The Bertz CT molecular complexity index is 563. The number of hydrogen-bond donors (Lipinski definition) is 1. The first kappa shape index (κ1) is 12.2. The SMILES string of the molecule is CN1CCc2cc(CC(N)c3ccccc3)ccc21. The third kappa shape index (κ3) is 2.49. The summed E-state index contributed by atoms with van der Waals surface area (Å²) in [4.78, 5) is 2.32. The Morgan fingerprint density at radius 2 is 1.95 bits per heavy atom. The number of likely N-dealkylation sites (N-methyl/N-ethyl adjacent to an activating group) is 1. The first-order valence-corrected chi connectivity index (χ1v) is 6.87. The topological polar surface area (TPSA) is 29.3 Å². The molecule has 0 aromatic heterocycles. The summed E-state index contributed by atoms with van der Waals surface area (Å²) in [5, 5.41) is 0. The molecular formula is C17H20N2. The molecule has 0 spiro atoms. The Hall–Kier alpha value is -1.80. The van der Waals surface area contributed by atoms with Crippen LogP contribution in [-0.2, 0) is 12.8 Å². The molecule has 2 aromatic rings. The van der Waals surface area contributed by atoms with Crippen molar-refractivity contribution in [1.82, 2.24) is 0 Å². The zero-order chi connectivity index (χ0) is 13.2. The van der Waals surface area contributed by atoms with E-state index in [-0.39, 0.29) is 6.04 Å². The van der Waals surface area contributed by atoms with E-state index in [0.29, 0.717) is 0 Å². The van der Waals surface area contributed by atoms with Crippen molar-refractivity contribution >= 4 is 5.69 Å². The third-order valence-electron chi connectivity index (χ3n) is 3.96. The predicted octanol–water partition coefficient (Wildman–Crippen LogP) is 2.92. The highest BCUT2D eigenvalue weighted by molar-refractivity contribution is 5.58. The smallest absolute Gasteiger partial charge is 0.0397 e. The lowest BCUT2D eigenvalue weighted by atomic mass is 9.98. The summed E-state index contributed by atoms with van der Waals surface area (Å²) in [6.07, 6.45) is 2.06. The summed E-state index contributed by atoms with van der Waals surface area (Å²) in [6.45, 7) is 1.13. The zero-order valence-corrected chi connectivity index (χ0v) is 11.3. The first-order chi connectivity index (χ1) is 9.24. The molecule has 2 nitrogen and oxygen atoms in total. The van der Waals surface area contributed by atoms with Gasteiger partial charge in [-0.3, -0.25) is 0 Å². The van der Waals surface area contributed by atoms with Crippen LogP contribution < -0.4 is 10.6 Å². The van der Waals surface area contributed by atoms with E-state index in [1.807, 2.05) is 18.2 Å². The highest BCUT2D eigenvalue weighted by atomic mass is 15.1. The maximum Gasteiger partial charge on any atom is 0.0397 e. The van der Waals surface area contributed by atoms with Gasteiger partial charge in [0.15, 0.2) is 0 Å². The van der Waals surface area contributed by atoms with E-state index in [1.165, 1.54) is 22.4 Å². The summed E-state index contributed by atoms with van der Waals surface area (Å²) in [5.74, 6) is 0. The molecule has 2 aromatic carbocycles. The molecule has 0 radical (unpaired) electrons. The van der Waals surface area contributed by atoms with Gasteiger partial charge >= 0.3 is 0 Å². The van der Waals surface area contributed by atoms with Gasteiger partial charge in [-0.25, -0.2) is 0 Å². The number of rotatable bonds is 3. The summed E-state index contributed by atoms with van der Waals surface area (Å²) in [5.41, 5.74) is 11.7. The van der Waals surface area contributed by atoms with Crippen molar-refractivity contribution in [1.29, 1.82) is 0 Å². The van der Waals surface area contributed by atoms with Gasteiger partial charge in [-0.05, 0) is 35.6 Å². The fourth-order valence-electron chi connectivity index (χ4n) is 2.82. The Labute approximate surface area is 114 Å². The Morgan fingerprint density at radius 3 is 2.74 bits per heavy atom. The van der Waals surface area contributed by atoms with Crippen LogP contribution in [0.4, 0.5) is 5.69 Å². The van der Waals surface area contributed by atoms with Crippen LogP contribution in [0.15, 0.2) is 48.5 Å². The lowest BCUT2D eigenvalue weighted by Gasteiger charge is -2.15. The Balaban J connectivity index is 1.77. The van der Waals surface area contributed by atoms with Gasteiger partial charge in [-0.1, -0.05) is 42.5 Å². The van der Waals surface area contributed by atoms with Crippen molar-refractivity contribution < 1.29 is 0 Å². The van der Waals surface area contributed by atoms with Crippen molar-refractivity contribution in [2.75, 3.05) is 18.5 Å². The molecule has 1 aliphatic heterocycles. The van der Waals surface area contributed by atoms with Crippen LogP contribution in [0.2, 0.25) is 0 Å². The molecule has 1 atom stereocenters. The van der Waals surface area contributed by atoms with Crippen molar-refractivity contribution in [3.05, 3.63) is 65.2 Å². The van der Waals surface area contributed by atoms with Gasteiger partial charge in [0.2, 0.25) is 0 Å². The average molecular weight is 252 g/mol. The number of hydrogen-bond acceptors (Lipinski definition) is 2. The quantitative estimate of drug-likeness (QED) is 0.910. The van der Waals surface area contributed by atoms with E-state index < -0.39 is 0 Å². The van der Waals surface area contributed by atoms with Crippen molar-refractivity contribution in [3.63, 3.8) is 0 Å². The molecule has 1 aliphatic rings. The van der Waals surface area contributed by atoms with E-state index in [4.69, 9.17) is 5.73 Å². The van der Waals surface area contributed by atoms with Gasteiger partial charge in [-0.15, -0.1) is 0 Å². The second-order valence-corrected chi connectivity index (χ2v) is 5.36. The molecule has 0 saturated heterocycles. The maximum atomic E-state index is 6.29. The molecule has 0 bridgehead atoms. The van der Waals surface area contributed by atoms with Gasteiger partial charge in [0.1, 0.15) is 0 Å². The van der Waals surface area contributed by atoms with Crippen LogP contribution in [0, 0.1) is 0 Å². The van der Waals surface area contributed by atoms with Crippen molar-refractivity contribution in [2.45, 2.75) is 18.9 Å². The monoisotopic (exact) mass is 252 g/mol. The Kier molecular flexibility index (Phi) is 3.26. The molecule has 2 heteroatoms. The fourth-order valence-corrected chi connectivity index (χ4v) is 2.82. The molecular weight excluding hydrogens is 232 g/mol. The van der Waals surface area contributed by atoms with Crippen LogP contribution in [0.25, 0.3) is 0 Å². The number of nitrogens with zero attached hydrogens (tertiary/aromatic N) is 1. The third-order valence-corrected chi connectivity index (χ3v) is 3.96. The van der Waals surface area contributed by atoms with E-state index >= 15 is 0 Å². The van der Waals surface area contributed by atoms with Crippen LogP contribution in [0.3, 0.4) is 0 Å². The molecule has 0 saturated carbocycles. The van der Waals surface area contributed by atoms with E-state index in [2.05, 4.69) is 42.3 Å². The van der Waals surface area contributed by atoms with Gasteiger partial charge in [-0.2, -0.15) is 0 Å². The number of nitrogens with two attached hydrogens (primary N) is 1. The molecule has 1 unspecified atom stereocenters. The van der Waals surface area contributed by atoms with Crippen LogP contribution in [-0.4, -0.2) is 13.6 Å². The molecule has 2 N–H and O–H groups in total. The second kappa shape index (κ2) is 5.06. The highest BCUT2D eigenvalue weighted by Crippen LogP contribution is 2.28. The van der Waals surface area contributed by atoms with Gasteiger partial charge in [0, 0.05) is 25.3 Å². The van der Waals surface area contributed by atoms with E-state index in [1.54, 1.807) is 0 Å². The number of benzene rings is 2. The standard InChI is InChI=1S/C17H20N2/c1-19-10-9-15-11-13(7-8-17(15)19)12-16(18)14-5-3-2-4-6-14/h2-8,11,16H,9-10,12,18H2,1H3. The predicted molar refractivity (Wildman–Crippen MR) is 80.5 cm³/mol. The number of fused-ring (bicyclic) bond motifs is 1. The first-order valence-electron chi connectivity index (χ1n) is 6.87. The minimum absolute atomic E-state index is 0.0818. The van der Waals surface area contributed by atoms with Crippen LogP contribution in [0.5, 0.6) is 0 Å². The van der Waals surface area contributed by atoms with Gasteiger partial charge in [0.25, 0.3) is 0 Å². The minimum atomic E-state index is 0.0818. The van der Waals surface area contributed by atoms with Crippen LogP contribution >= 0.6 is 0 Å². The molecule has 0 amide bonds. The molecule has 3 rings (SSSR count). The van der Waals surface area contributed by atoms with Crippen molar-refractivity contribution in [3.8, 4) is 0 Å². The normalized spacial score (nSPS) is 15.4. The summed E-state index contributed by atoms with van der Waals surface area (Å²) < 4.78 is 0. The fraction of sp³-hybridized carbons (Fsp3) is 0.294. The highest BCUT2D eigenvalue weighted by Gasteiger charge is 2.16. The number of anilines is 1. The maximum absolute atomic E-state index is 6.29. The summed E-state index contributed by atoms with van der Waals surface area (Å²) in [6, 6.07) is 17.2. The zero-order valence-electron chi connectivity index (χ0n) is 11.3. The summed E-state index contributed by atoms with van der Waals surface area (Å²) >= 11 is 0. The lowest BCUT2D eigenvalue weighted by molar-refractivity contribution is 0.721. The van der Waals surface area contributed by atoms with Crippen molar-refractivity contribution in [2.24, 2.45) is 5.73 Å². The van der Waals surface area contributed by atoms with Gasteiger partial charge in [0.05, 0.1) is 0 Å². The van der Waals surface area contributed by atoms with E-state index in [9.17, 15) is 0 Å². The second-order valence-electron chi connectivity index (χ2n) is 5.36. The molecule has 98 valence electrons. The average Bonchev–Trinajstić information content (AvgIpc) is 2.81. The molecule has 0 aliphatic carbocycles. The largest absolute Gasteiger partial charge is 0.374 e. The minimum Gasteiger partial charge on any atom is -0.374 e. The van der Waals surface area contributed by atoms with E-state index in [0.717, 1.165) is 19.4 Å². The Morgan fingerprint density at radius 1 is 1.16 bits per heavy atom.